The number of carbonyl (C=O) groups excluding carboxylic acids is 2. The van der Waals surface area contributed by atoms with Crippen molar-refractivity contribution >= 4 is 30.4 Å². The van der Waals surface area contributed by atoms with E-state index >= 15 is 0 Å². The van der Waals surface area contributed by atoms with Gasteiger partial charge in [0.05, 0.1) is 12.1 Å². The molecule has 0 bridgehead atoms. The number of rotatable bonds is 7. The average Bonchev–Trinajstić information content (AvgIpc) is 2.38. The molecule has 0 unspecified atom stereocenters. The van der Waals surface area contributed by atoms with E-state index in [1.54, 1.807) is 20.8 Å². The number of nitrogens with one attached hydrogen (secondary N) is 2. The minimum absolute atomic E-state index is 0.107. The van der Waals surface area contributed by atoms with E-state index in [0.717, 1.165) is 0 Å². The van der Waals surface area contributed by atoms with Crippen LogP contribution in [0.4, 0.5) is 0 Å². The number of hydrogen-bond donors (Lipinski definition) is 6. The van der Waals surface area contributed by atoms with Crippen LogP contribution in [0, 0.1) is 5.41 Å². The summed E-state index contributed by atoms with van der Waals surface area (Å²) in [6, 6.07) is -3.35. The molecule has 0 rings (SSSR count). The van der Waals surface area contributed by atoms with Crippen LogP contribution >= 0.6 is 12.6 Å². The largest absolute Gasteiger partial charge is 0.480 e. The predicted octanol–water partition coefficient (Wildman–Crippen LogP) is -1.28. The second kappa shape index (κ2) is 8.35. The lowest BCUT2D eigenvalue weighted by Crippen LogP contribution is -2.60. The number of carboxylic acids is 1. The summed E-state index contributed by atoms with van der Waals surface area (Å²) in [5.74, 6) is -2.53. The lowest BCUT2D eigenvalue weighted by molar-refractivity contribution is -0.145. The minimum Gasteiger partial charge on any atom is -0.480 e. The Hall–Kier alpha value is -1.32. The molecule has 0 aromatic carbocycles. The highest BCUT2D eigenvalue weighted by molar-refractivity contribution is 7.80. The SMILES string of the molecule is C[C@@H](O)[C@H](NC(=O)[C@@H](NC(=O)[C@@H](N)CS)C(C)(C)C)C(=O)O. The molecule has 0 aliphatic heterocycles. The summed E-state index contributed by atoms with van der Waals surface area (Å²) in [6.45, 7) is 6.38. The molecule has 0 heterocycles. The highest BCUT2D eigenvalue weighted by Gasteiger charge is 2.36. The maximum absolute atomic E-state index is 12.3. The lowest BCUT2D eigenvalue weighted by atomic mass is 9.85. The fourth-order valence-electron chi connectivity index (χ4n) is 1.63. The minimum atomic E-state index is -1.46. The van der Waals surface area contributed by atoms with Gasteiger partial charge in [0.15, 0.2) is 6.04 Å². The molecule has 0 saturated heterocycles. The van der Waals surface area contributed by atoms with Crippen molar-refractivity contribution in [3.05, 3.63) is 0 Å². The van der Waals surface area contributed by atoms with E-state index in [2.05, 4.69) is 23.3 Å². The molecule has 8 nitrogen and oxygen atoms in total. The van der Waals surface area contributed by atoms with Crippen LogP contribution < -0.4 is 16.4 Å². The molecule has 128 valence electrons. The number of amides is 2. The molecule has 0 aromatic rings. The second-order valence-electron chi connectivity index (χ2n) is 6.16. The Labute approximate surface area is 135 Å². The smallest absolute Gasteiger partial charge is 0.328 e. The topological polar surface area (TPSA) is 142 Å². The van der Waals surface area contributed by atoms with Crippen LogP contribution in [0.1, 0.15) is 27.7 Å². The van der Waals surface area contributed by atoms with E-state index in [1.807, 2.05) is 0 Å². The second-order valence-corrected chi connectivity index (χ2v) is 6.53. The van der Waals surface area contributed by atoms with Crippen molar-refractivity contribution in [1.29, 1.82) is 0 Å². The van der Waals surface area contributed by atoms with Gasteiger partial charge in [-0.1, -0.05) is 20.8 Å². The van der Waals surface area contributed by atoms with Gasteiger partial charge in [-0.25, -0.2) is 4.79 Å². The summed E-state index contributed by atoms with van der Waals surface area (Å²) >= 11 is 3.91. The Kier molecular flexibility index (Phi) is 7.85. The van der Waals surface area contributed by atoms with Gasteiger partial charge in [0.2, 0.25) is 11.8 Å². The molecule has 9 heteroatoms. The number of aliphatic hydroxyl groups is 1. The molecule has 0 spiro atoms. The molecule has 6 N–H and O–H groups in total. The van der Waals surface area contributed by atoms with Crippen molar-refractivity contribution in [1.82, 2.24) is 10.6 Å². The molecule has 4 atom stereocenters. The van der Waals surface area contributed by atoms with E-state index in [4.69, 9.17) is 10.8 Å². The first-order valence-electron chi connectivity index (χ1n) is 6.79. The number of aliphatic hydroxyl groups excluding tert-OH is 1. The quantitative estimate of drug-likeness (QED) is 0.320. The Morgan fingerprint density at radius 1 is 1.18 bits per heavy atom. The van der Waals surface area contributed by atoms with Crippen LogP contribution in [-0.4, -0.2) is 58.0 Å². The van der Waals surface area contributed by atoms with Crippen molar-refractivity contribution in [2.24, 2.45) is 11.1 Å². The van der Waals surface area contributed by atoms with Gasteiger partial charge in [0.25, 0.3) is 0 Å². The van der Waals surface area contributed by atoms with Gasteiger partial charge >= 0.3 is 5.97 Å². The van der Waals surface area contributed by atoms with Gasteiger partial charge < -0.3 is 26.6 Å². The third kappa shape index (κ3) is 6.20. The molecule has 2 amide bonds. The molecule has 0 aliphatic rings. The molecule has 0 radical (unpaired) electrons. The highest BCUT2D eigenvalue weighted by Crippen LogP contribution is 2.20. The van der Waals surface area contributed by atoms with Crippen LogP contribution in [0.25, 0.3) is 0 Å². The van der Waals surface area contributed by atoms with Crippen molar-refractivity contribution in [2.75, 3.05) is 5.75 Å². The van der Waals surface area contributed by atoms with Crippen LogP contribution in [-0.2, 0) is 14.4 Å². The maximum atomic E-state index is 12.3. The van der Waals surface area contributed by atoms with E-state index < -0.39 is 47.4 Å². The standard InChI is InChI=1S/C13H25N3O5S/c1-6(17)8(12(20)21)15-11(19)9(13(2,3)4)16-10(18)7(14)5-22/h6-9,17,22H,5,14H2,1-4H3,(H,15,19)(H,16,18)(H,20,21)/t6-,7+,8+,9-/m1/s1. The first kappa shape index (κ1) is 20.7. The molecule has 0 saturated carbocycles. The lowest BCUT2D eigenvalue weighted by Gasteiger charge is -2.32. The van der Waals surface area contributed by atoms with Gasteiger partial charge in [-0.15, -0.1) is 0 Å². The monoisotopic (exact) mass is 335 g/mol. The predicted molar refractivity (Wildman–Crippen MR) is 84.5 cm³/mol. The number of aliphatic carboxylic acids is 1. The number of hydrogen-bond acceptors (Lipinski definition) is 6. The molecular formula is C13H25N3O5S. The zero-order valence-corrected chi connectivity index (χ0v) is 14.1. The first-order chi connectivity index (χ1) is 9.91. The van der Waals surface area contributed by atoms with Crippen molar-refractivity contribution in [3.8, 4) is 0 Å². The molecule has 0 aromatic heterocycles. The normalized spacial score (nSPS) is 17.0. The molecule has 22 heavy (non-hydrogen) atoms. The summed E-state index contributed by atoms with van der Waals surface area (Å²) in [6.07, 6.45) is -1.28. The Morgan fingerprint density at radius 3 is 2.00 bits per heavy atom. The fourth-order valence-corrected chi connectivity index (χ4v) is 1.80. The Bertz CT molecular complexity index is 422. The van der Waals surface area contributed by atoms with E-state index in [1.165, 1.54) is 6.92 Å². The maximum Gasteiger partial charge on any atom is 0.328 e. The van der Waals surface area contributed by atoms with Crippen LogP contribution in [0.2, 0.25) is 0 Å². The third-order valence-corrected chi connectivity index (χ3v) is 3.39. The van der Waals surface area contributed by atoms with Crippen molar-refractivity contribution in [3.63, 3.8) is 0 Å². The summed E-state index contributed by atoms with van der Waals surface area (Å²) in [7, 11) is 0. The molecule has 0 fully saturated rings. The first-order valence-corrected chi connectivity index (χ1v) is 7.43. The van der Waals surface area contributed by atoms with Crippen LogP contribution in [0.3, 0.4) is 0 Å². The highest BCUT2D eigenvalue weighted by atomic mass is 32.1. The van der Waals surface area contributed by atoms with Crippen molar-refractivity contribution in [2.45, 2.75) is 51.9 Å². The van der Waals surface area contributed by atoms with E-state index in [0.29, 0.717) is 0 Å². The number of thiol groups is 1. The summed E-state index contributed by atoms with van der Waals surface area (Å²) in [5, 5.41) is 23.1. The molecular weight excluding hydrogens is 310 g/mol. The van der Waals surface area contributed by atoms with Gasteiger partial charge in [0.1, 0.15) is 6.04 Å². The van der Waals surface area contributed by atoms with Crippen molar-refractivity contribution < 1.29 is 24.6 Å². The van der Waals surface area contributed by atoms with Gasteiger partial charge in [-0.3, -0.25) is 9.59 Å². The van der Waals surface area contributed by atoms with Crippen LogP contribution in [0.5, 0.6) is 0 Å². The van der Waals surface area contributed by atoms with Gasteiger partial charge in [0, 0.05) is 5.75 Å². The van der Waals surface area contributed by atoms with Gasteiger partial charge in [-0.05, 0) is 12.3 Å². The zero-order chi connectivity index (χ0) is 17.7. The number of nitrogens with two attached hydrogens (primary N) is 1. The summed E-state index contributed by atoms with van der Waals surface area (Å²) in [4.78, 5) is 35.2. The zero-order valence-electron chi connectivity index (χ0n) is 13.2. The Balaban J connectivity index is 5.17. The van der Waals surface area contributed by atoms with E-state index in [-0.39, 0.29) is 5.75 Å². The third-order valence-electron chi connectivity index (χ3n) is 2.99. The van der Waals surface area contributed by atoms with Gasteiger partial charge in [-0.2, -0.15) is 12.6 Å². The van der Waals surface area contributed by atoms with E-state index in [9.17, 15) is 19.5 Å². The summed E-state index contributed by atoms with van der Waals surface area (Å²) in [5.41, 5.74) is 4.87. The summed E-state index contributed by atoms with van der Waals surface area (Å²) < 4.78 is 0. The number of carboxylic acid groups (broad SMARTS) is 1. The average molecular weight is 335 g/mol. The molecule has 0 aliphatic carbocycles. The Morgan fingerprint density at radius 2 is 1.68 bits per heavy atom. The number of carbonyl (C=O) groups is 3. The van der Waals surface area contributed by atoms with Crippen LogP contribution in [0.15, 0.2) is 0 Å². The fraction of sp³-hybridized carbons (Fsp3) is 0.769.